The molecule has 0 atom stereocenters. The lowest BCUT2D eigenvalue weighted by molar-refractivity contribution is 0.0827. The maximum Gasteiger partial charge on any atom is 0.253 e. The van der Waals surface area contributed by atoms with Gasteiger partial charge in [-0.1, -0.05) is 0 Å². The number of anilines is 2. The van der Waals surface area contributed by atoms with E-state index in [4.69, 9.17) is 10.5 Å². The number of amides is 1. The van der Waals surface area contributed by atoms with Crippen LogP contribution in [0.1, 0.15) is 23.7 Å². The van der Waals surface area contributed by atoms with Crippen molar-refractivity contribution in [2.45, 2.75) is 13.3 Å². The molecular formula is C14H23N3O2. The summed E-state index contributed by atoms with van der Waals surface area (Å²) >= 11 is 0. The Hall–Kier alpha value is -1.75. The number of benzene rings is 1. The molecule has 0 saturated heterocycles. The van der Waals surface area contributed by atoms with E-state index in [1.165, 1.54) is 0 Å². The molecule has 19 heavy (non-hydrogen) atoms. The number of nitrogens with zero attached hydrogens (tertiary/aromatic N) is 1. The van der Waals surface area contributed by atoms with Gasteiger partial charge in [-0.2, -0.15) is 0 Å². The van der Waals surface area contributed by atoms with Gasteiger partial charge in [0.15, 0.2) is 0 Å². The van der Waals surface area contributed by atoms with E-state index in [9.17, 15) is 4.79 Å². The molecule has 1 aromatic carbocycles. The van der Waals surface area contributed by atoms with Crippen LogP contribution in [0, 0.1) is 0 Å². The molecule has 0 aliphatic rings. The molecule has 0 aliphatic carbocycles. The molecule has 0 bridgehead atoms. The Morgan fingerprint density at radius 3 is 2.79 bits per heavy atom. The minimum absolute atomic E-state index is 0.0302. The van der Waals surface area contributed by atoms with Crippen LogP contribution in [0.3, 0.4) is 0 Å². The van der Waals surface area contributed by atoms with E-state index >= 15 is 0 Å². The normalized spacial score (nSPS) is 10.3. The molecule has 3 N–H and O–H groups in total. The molecule has 0 aromatic heterocycles. The van der Waals surface area contributed by atoms with E-state index in [-0.39, 0.29) is 5.91 Å². The second kappa shape index (κ2) is 7.63. The highest BCUT2D eigenvalue weighted by Gasteiger charge is 2.09. The largest absolute Gasteiger partial charge is 0.397 e. The average Bonchev–Trinajstić information content (AvgIpc) is 2.39. The van der Waals surface area contributed by atoms with Gasteiger partial charge in [-0.25, -0.2) is 0 Å². The number of rotatable bonds is 7. The van der Waals surface area contributed by atoms with Gasteiger partial charge in [0.2, 0.25) is 0 Å². The smallest absolute Gasteiger partial charge is 0.253 e. The Bertz CT molecular complexity index is 419. The van der Waals surface area contributed by atoms with Crippen molar-refractivity contribution < 1.29 is 9.53 Å². The van der Waals surface area contributed by atoms with Crippen molar-refractivity contribution in [3.05, 3.63) is 23.8 Å². The predicted octanol–water partition coefficient (Wildman–Crippen LogP) is 1.81. The maximum absolute atomic E-state index is 11.9. The molecule has 5 heteroatoms. The minimum Gasteiger partial charge on any atom is -0.397 e. The molecule has 1 rings (SSSR count). The van der Waals surface area contributed by atoms with Crippen molar-refractivity contribution in [1.29, 1.82) is 0 Å². The van der Waals surface area contributed by atoms with Crippen LogP contribution in [0.4, 0.5) is 11.4 Å². The van der Waals surface area contributed by atoms with E-state index < -0.39 is 0 Å². The molecule has 0 heterocycles. The van der Waals surface area contributed by atoms with Crippen molar-refractivity contribution in [2.75, 3.05) is 44.9 Å². The molecule has 0 fully saturated rings. The Labute approximate surface area is 114 Å². The molecule has 5 nitrogen and oxygen atoms in total. The lowest BCUT2D eigenvalue weighted by Crippen LogP contribution is -2.21. The van der Waals surface area contributed by atoms with Crippen molar-refractivity contribution in [1.82, 2.24) is 4.90 Å². The highest BCUT2D eigenvalue weighted by atomic mass is 16.5. The second-order valence-electron chi connectivity index (χ2n) is 4.48. The fourth-order valence-electron chi connectivity index (χ4n) is 1.64. The number of nitrogens with one attached hydrogen (secondary N) is 1. The van der Waals surface area contributed by atoms with Crippen molar-refractivity contribution in [3.63, 3.8) is 0 Å². The van der Waals surface area contributed by atoms with E-state index in [0.717, 1.165) is 31.9 Å². The lowest BCUT2D eigenvalue weighted by Gasteiger charge is -2.14. The first-order valence-electron chi connectivity index (χ1n) is 6.49. The van der Waals surface area contributed by atoms with Crippen molar-refractivity contribution in [3.8, 4) is 0 Å². The van der Waals surface area contributed by atoms with Crippen LogP contribution >= 0.6 is 0 Å². The number of ether oxygens (including phenoxy) is 1. The Morgan fingerprint density at radius 2 is 2.16 bits per heavy atom. The van der Waals surface area contributed by atoms with E-state index in [2.05, 4.69) is 5.32 Å². The van der Waals surface area contributed by atoms with Gasteiger partial charge in [0.1, 0.15) is 0 Å². The first-order valence-corrected chi connectivity index (χ1v) is 6.49. The zero-order valence-corrected chi connectivity index (χ0v) is 11.9. The fraction of sp³-hybridized carbons (Fsp3) is 0.500. The van der Waals surface area contributed by atoms with Crippen LogP contribution in [0.5, 0.6) is 0 Å². The summed E-state index contributed by atoms with van der Waals surface area (Å²) in [5.74, 6) is -0.0302. The Kier molecular flexibility index (Phi) is 6.15. The third-order valence-electron chi connectivity index (χ3n) is 2.69. The third-order valence-corrected chi connectivity index (χ3v) is 2.69. The minimum atomic E-state index is -0.0302. The molecule has 0 saturated carbocycles. The summed E-state index contributed by atoms with van der Waals surface area (Å²) < 4.78 is 5.26. The third kappa shape index (κ3) is 4.79. The number of hydrogen-bond donors (Lipinski definition) is 2. The first kappa shape index (κ1) is 15.3. The number of nitrogen functional groups attached to an aromatic ring is 1. The van der Waals surface area contributed by atoms with Gasteiger partial charge >= 0.3 is 0 Å². The Morgan fingerprint density at radius 1 is 1.42 bits per heavy atom. The topological polar surface area (TPSA) is 67.6 Å². The summed E-state index contributed by atoms with van der Waals surface area (Å²) in [4.78, 5) is 13.4. The van der Waals surface area contributed by atoms with E-state index in [1.807, 2.05) is 6.92 Å². The van der Waals surface area contributed by atoms with Gasteiger partial charge in [-0.15, -0.1) is 0 Å². The average molecular weight is 265 g/mol. The molecule has 0 spiro atoms. The first-order chi connectivity index (χ1) is 9.06. The zero-order chi connectivity index (χ0) is 14.3. The quantitative estimate of drug-likeness (QED) is 0.583. The van der Waals surface area contributed by atoms with Crippen molar-refractivity contribution in [2.24, 2.45) is 0 Å². The monoisotopic (exact) mass is 265 g/mol. The fourth-order valence-corrected chi connectivity index (χ4v) is 1.64. The molecule has 0 radical (unpaired) electrons. The summed E-state index contributed by atoms with van der Waals surface area (Å²) in [6, 6.07) is 5.28. The summed E-state index contributed by atoms with van der Waals surface area (Å²) in [6.45, 7) is 4.19. The second-order valence-corrected chi connectivity index (χ2v) is 4.48. The van der Waals surface area contributed by atoms with Crippen LogP contribution in [0.25, 0.3) is 0 Å². The number of carbonyl (C=O) groups is 1. The summed E-state index contributed by atoms with van der Waals surface area (Å²) in [6.07, 6.45) is 0.902. The standard InChI is InChI=1S/C14H23N3O2/c1-4-19-9-5-8-16-13-10-11(6-7-12(13)15)14(18)17(2)3/h6-7,10,16H,4-5,8-9,15H2,1-3H3. The summed E-state index contributed by atoms with van der Waals surface area (Å²) in [5.41, 5.74) is 7.96. The van der Waals surface area contributed by atoms with Crippen LogP contribution in [-0.2, 0) is 4.74 Å². The van der Waals surface area contributed by atoms with Crippen molar-refractivity contribution >= 4 is 17.3 Å². The molecule has 0 unspecified atom stereocenters. The maximum atomic E-state index is 11.9. The van der Waals surface area contributed by atoms with Crippen LogP contribution in [0.15, 0.2) is 18.2 Å². The predicted molar refractivity (Wildman–Crippen MR) is 78.5 cm³/mol. The molecule has 0 aliphatic heterocycles. The number of hydrogen-bond acceptors (Lipinski definition) is 4. The number of nitrogens with two attached hydrogens (primary N) is 1. The highest BCUT2D eigenvalue weighted by molar-refractivity contribution is 5.95. The molecular weight excluding hydrogens is 242 g/mol. The molecule has 1 amide bonds. The SMILES string of the molecule is CCOCCCNc1cc(C(=O)N(C)C)ccc1N. The van der Waals surface area contributed by atoms with Crippen LogP contribution < -0.4 is 11.1 Å². The summed E-state index contributed by atoms with van der Waals surface area (Å²) in [7, 11) is 3.46. The van der Waals surface area contributed by atoms with Gasteiger partial charge in [0.05, 0.1) is 11.4 Å². The van der Waals surface area contributed by atoms with Gasteiger partial charge < -0.3 is 20.7 Å². The van der Waals surface area contributed by atoms with Crippen LogP contribution in [0.2, 0.25) is 0 Å². The summed E-state index contributed by atoms with van der Waals surface area (Å²) in [5, 5.41) is 3.23. The van der Waals surface area contributed by atoms with Gasteiger partial charge in [0, 0.05) is 39.4 Å². The molecule has 1 aromatic rings. The van der Waals surface area contributed by atoms with Gasteiger partial charge in [-0.3, -0.25) is 4.79 Å². The molecule has 106 valence electrons. The van der Waals surface area contributed by atoms with E-state index in [0.29, 0.717) is 11.3 Å². The zero-order valence-electron chi connectivity index (χ0n) is 11.9. The highest BCUT2D eigenvalue weighted by Crippen LogP contribution is 2.20. The number of carbonyl (C=O) groups excluding carboxylic acids is 1. The van der Waals surface area contributed by atoms with Crippen LogP contribution in [-0.4, -0.2) is 44.7 Å². The Balaban J connectivity index is 2.62. The van der Waals surface area contributed by atoms with Gasteiger partial charge in [-0.05, 0) is 31.5 Å². The van der Waals surface area contributed by atoms with E-state index in [1.54, 1.807) is 37.2 Å². The lowest BCUT2D eigenvalue weighted by atomic mass is 10.1. The van der Waals surface area contributed by atoms with Gasteiger partial charge in [0.25, 0.3) is 5.91 Å².